The predicted molar refractivity (Wildman–Crippen MR) is 163 cm³/mol. The summed E-state index contributed by atoms with van der Waals surface area (Å²) in [6.07, 6.45) is -0.940. The first-order chi connectivity index (χ1) is 20.9. The molecular weight excluding hydrogens is 542 g/mol. The molecule has 0 saturated heterocycles. The smallest absolute Gasteiger partial charge is 0.420 e. The van der Waals surface area contributed by atoms with Crippen LogP contribution in [0.25, 0.3) is 22.3 Å². The van der Waals surface area contributed by atoms with Gasteiger partial charge in [-0.15, -0.1) is 0 Å². The van der Waals surface area contributed by atoms with Crippen LogP contribution in [0.2, 0.25) is 0 Å². The third-order valence-electron chi connectivity index (χ3n) is 8.74. The van der Waals surface area contributed by atoms with E-state index in [4.69, 9.17) is 9.47 Å². The van der Waals surface area contributed by atoms with Crippen LogP contribution in [-0.4, -0.2) is 40.8 Å². The summed E-state index contributed by atoms with van der Waals surface area (Å²) >= 11 is 0. The average molecular weight is 576 g/mol. The molecule has 0 unspecified atom stereocenters. The van der Waals surface area contributed by atoms with Crippen LogP contribution in [0.3, 0.4) is 0 Å². The van der Waals surface area contributed by atoms with Crippen LogP contribution in [0.1, 0.15) is 54.0 Å². The molecule has 1 N–H and O–H groups in total. The van der Waals surface area contributed by atoms with Gasteiger partial charge < -0.3 is 14.6 Å². The van der Waals surface area contributed by atoms with E-state index in [1.165, 1.54) is 5.56 Å². The van der Waals surface area contributed by atoms with E-state index < -0.39 is 30.1 Å². The van der Waals surface area contributed by atoms with Crippen molar-refractivity contribution in [2.75, 3.05) is 6.61 Å². The summed E-state index contributed by atoms with van der Waals surface area (Å²) in [4.78, 5) is 40.3. The van der Waals surface area contributed by atoms with Crippen LogP contribution in [-0.2, 0) is 27.3 Å². The first-order valence-electron chi connectivity index (χ1n) is 14.6. The van der Waals surface area contributed by atoms with Gasteiger partial charge in [-0.1, -0.05) is 111 Å². The van der Waals surface area contributed by atoms with Gasteiger partial charge in [-0.05, 0) is 62.4 Å². The second-order valence-electron chi connectivity index (χ2n) is 11.2. The second kappa shape index (κ2) is 11.8. The quantitative estimate of drug-likeness (QED) is 0.204. The summed E-state index contributed by atoms with van der Waals surface area (Å²) < 4.78 is 11.4. The number of hydrogen-bond donors (Lipinski definition) is 1. The first-order valence-corrected chi connectivity index (χ1v) is 14.6. The highest BCUT2D eigenvalue weighted by molar-refractivity contribution is 5.93. The van der Waals surface area contributed by atoms with Crippen LogP contribution in [0, 0.1) is 5.92 Å². The molecule has 0 fully saturated rings. The number of carbonyl (C=O) groups excluding carboxylic acids is 2. The zero-order valence-electron chi connectivity index (χ0n) is 24.2. The Morgan fingerprint density at radius 2 is 1.37 bits per heavy atom. The van der Waals surface area contributed by atoms with Crippen molar-refractivity contribution in [2.45, 2.75) is 45.3 Å². The van der Waals surface area contributed by atoms with Crippen molar-refractivity contribution in [1.29, 1.82) is 0 Å². The number of carboxylic acid groups (broad SMARTS) is 1. The number of amides is 2. The number of carboxylic acids is 1. The van der Waals surface area contributed by atoms with E-state index in [0.717, 1.165) is 44.5 Å². The van der Waals surface area contributed by atoms with Gasteiger partial charge in [0.05, 0.1) is 0 Å². The summed E-state index contributed by atoms with van der Waals surface area (Å²) in [5.74, 6) is -2.06. The van der Waals surface area contributed by atoms with Gasteiger partial charge in [0.15, 0.2) is 0 Å². The molecule has 0 radical (unpaired) electrons. The molecule has 6 rings (SSSR count). The van der Waals surface area contributed by atoms with Crippen LogP contribution in [0.4, 0.5) is 9.59 Å². The number of fused-ring (bicyclic) bond motifs is 6. The Bertz CT molecular complexity index is 1670. The fraction of sp³-hybridized carbons (Fsp3) is 0.250. The van der Waals surface area contributed by atoms with Crippen molar-refractivity contribution in [3.05, 3.63) is 119 Å². The minimum absolute atomic E-state index is 0.0477. The molecule has 218 valence electrons. The number of hydrogen-bond acceptors (Lipinski definition) is 5. The number of rotatable bonds is 8. The molecule has 0 bridgehead atoms. The summed E-state index contributed by atoms with van der Waals surface area (Å²) in [5, 5.41) is 10.1. The lowest BCUT2D eigenvalue weighted by Gasteiger charge is -2.30. The average Bonchev–Trinajstić information content (AvgIpc) is 3.57. The Morgan fingerprint density at radius 3 is 2.02 bits per heavy atom. The van der Waals surface area contributed by atoms with Crippen LogP contribution < -0.4 is 0 Å². The van der Waals surface area contributed by atoms with Gasteiger partial charge in [0.1, 0.15) is 19.3 Å². The number of carbonyl (C=O) groups is 3. The number of aliphatic carboxylic acids is 1. The predicted octanol–water partition coefficient (Wildman–Crippen LogP) is 7.64. The second-order valence-corrected chi connectivity index (χ2v) is 11.2. The minimum Gasteiger partial charge on any atom is -0.480 e. The molecule has 0 heterocycles. The van der Waals surface area contributed by atoms with E-state index in [0.29, 0.717) is 17.7 Å². The standard InChI is InChI=1S/C36H33NO6/c1-3-22(2)33(34(38)39)37(35(40)42-20-24-12-10-18-26-25-13-5-4-11-23(25)19-31(24)26)36(41)43-21-32-29-16-8-6-14-27(29)28-15-7-9-17-30(28)32/h4-18,22,32-33H,3,19-21H2,1-2H3,(H,38,39)/t22-,33-/m1/s1. The molecule has 0 aromatic heterocycles. The molecule has 2 atom stereocenters. The Labute approximate surface area is 250 Å². The van der Waals surface area contributed by atoms with Crippen molar-refractivity contribution < 1.29 is 29.0 Å². The molecule has 7 heteroatoms. The SMILES string of the molecule is CC[C@@H](C)[C@H](C(=O)O)N(C(=O)OCc1cccc2c1Cc1ccccc1-2)C(=O)OCC1c2ccccc2-c2ccccc21. The van der Waals surface area contributed by atoms with E-state index in [2.05, 4.69) is 12.1 Å². The lowest BCUT2D eigenvalue weighted by Crippen LogP contribution is -2.52. The van der Waals surface area contributed by atoms with Gasteiger partial charge in [0.2, 0.25) is 0 Å². The molecule has 0 aliphatic heterocycles. The van der Waals surface area contributed by atoms with Crippen LogP contribution in [0.15, 0.2) is 91.0 Å². The number of benzene rings is 4. The van der Waals surface area contributed by atoms with Crippen LogP contribution in [0.5, 0.6) is 0 Å². The highest BCUT2D eigenvalue weighted by Crippen LogP contribution is 2.44. The van der Waals surface area contributed by atoms with Gasteiger partial charge in [-0.3, -0.25) is 0 Å². The van der Waals surface area contributed by atoms with Crippen LogP contribution >= 0.6 is 0 Å². The Balaban J connectivity index is 1.23. The molecule has 2 aliphatic rings. The molecule has 4 aromatic carbocycles. The summed E-state index contributed by atoms with van der Waals surface area (Å²) in [6, 6.07) is 28.4. The fourth-order valence-corrected chi connectivity index (χ4v) is 6.36. The molecule has 0 saturated carbocycles. The van der Waals surface area contributed by atoms with Crippen molar-refractivity contribution >= 4 is 18.2 Å². The van der Waals surface area contributed by atoms with Gasteiger partial charge in [0, 0.05) is 5.92 Å². The van der Waals surface area contributed by atoms with E-state index in [1.54, 1.807) is 6.92 Å². The van der Waals surface area contributed by atoms with E-state index in [1.807, 2.05) is 85.8 Å². The molecule has 4 aromatic rings. The van der Waals surface area contributed by atoms with E-state index >= 15 is 0 Å². The molecule has 7 nitrogen and oxygen atoms in total. The van der Waals surface area contributed by atoms with Crippen molar-refractivity contribution in [3.8, 4) is 22.3 Å². The fourth-order valence-electron chi connectivity index (χ4n) is 6.36. The number of imide groups is 1. The van der Waals surface area contributed by atoms with Crippen molar-refractivity contribution in [1.82, 2.24) is 4.90 Å². The van der Waals surface area contributed by atoms with Gasteiger partial charge in [-0.2, -0.15) is 4.90 Å². The van der Waals surface area contributed by atoms with Gasteiger partial charge in [-0.25, -0.2) is 14.4 Å². The first kappa shape index (κ1) is 28.2. The van der Waals surface area contributed by atoms with E-state index in [-0.39, 0.29) is 19.1 Å². The summed E-state index contributed by atoms with van der Waals surface area (Å²) in [7, 11) is 0. The monoisotopic (exact) mass is 575 g/mol. The van der Waals surface area contributed by atoms with E-state index in [9.17, 15) is 19.5 Å². The lowest BCUT2D eigenvalue weighted by molar-refractivity contribution is -0.144. The number of nitrogens with zero attached hydrogens (tertiary/aromatic N) is 1. The third kappa shape index (κ3) is 5.16. The highest BCUT2D eigenvalue weighted by atomic mass is 16.6. The number of ether oxygens (including phenoxy) is 2. The zero-order valence-corrected chi connectivity index (χ0v) is 24.2. The Hall–Kier alpha value is -4.91. The summed E-state index contributed by atoms with van der Waals surface area (Å²) in [6.45, 7) is 3.35. The molecule has 43 heavy (non-hydrogen) atoms. The summed E-state index contributed by atoms with van der Waals surface area (Å²) in [5.41, 5.74) is 9.45. The van der Waals surface area contributed by atoms with Crippen molar-refractivity contribution in [2.24, 2.45) is 5.92 Å². The normalized spacial score (nSPS) is 14.1. The topological polar surface area (TPSA) is 93.1 Å². The molecule has 2 amide bonds. The largest absolute Gasteiger partial charge is 0.480 e. The highest BCUT2D eigenvalue weighted by Gasteiger charge is 2.41. The van der Waals surface area contributed by atoms with Gasteiger partial charge >= 0.3 is 18.2 Å². The molecular formula is C36H33NO6. The van der Waals surface area contributed by atoms with Crippen molar-refractivity contribution in [3.63, 3.8) is 0 Å². The zero-order chi connectivity index (χ0) is 30.1. The molecule has 0 spiro atoms. The maximum Gasteiger partial charge on any atom is 0.420 e. The molecule has 2 aliphatic carbocycles. The maximum absolute atomic E-state index is 13.6. The minimum atomic E-state index is -1.45. The Kier molecular flexibility index (Phi) is 7.72. The third-order valence-corrected chi connectivity index (χ3v) is 8.74. The lowest BCUT2D eigenvalue weighted by atomic mass is 9.98. The van der Waals surface area contributed by atoms with Gasteiger partial charge in [0.25, 0.3) is 0 Å². The Morgan fingerprint density at radius 1 is 0.791 bits per heavy atom. The maximum atomic E-state index is 13.6.